The lowest BCUT2D eigenvalue weighted by Gasteiger charge is -2.06. The van der Waals surface area contributed by atoms with Gasteiger partial charge in [0.1, 0.15) is 0 Å². The van der Waals surface area contributed by atoms with E-state index in [-0.39, 0.29) is 5.97 Å². The lowest BCUT2D eigenvalue weighted by molar-refractivity contribution is -0.140. The van der Waals surface area contributed by atoms with Crippen molar-refractivity contribution < 1.29 is 14.6 Å². The Labute approximate surface area is 93.0 Å². The highest BCUT2D eigenvalue weighted by atomic mass is 35.8. The molecule has 0 amide bonds. The number of hydrogen-bond donors (Lipinski definition) is 1. The van der Waals surface area contributed by atoms with Crippen molar-refractivity contribution in [1.29, 1.82) is 0 Å². The minimum Gasteiger partial charge on any atom is -0.466 e. The first-order chi connectivity index (χ1) is 5.92. The minimum atomic E-state index is -2.50. The van der Waals surface area contributed by atoms with Crippen LogP contribution < -0.4 is 0 Å². The van der Waals surface area contributed by atoms with E-state index in [1.54, 1.807) is 0 Å². The van der Waals surface area contributed by atoms with Crippen molar-refractivity contribution in [3.8, 4) is 0 Å². The molecule has 3 nitrogen and oxygen atoms in total. The first-order valence-corrected chi connectivity index (χ1v) is 8.81. The Morgan fingerprint density at radius 3 is 2.15 bits per heavy atom. The van der Waals surface area contributed by atoms with Crippen LogP contribution in [0.15, 0.2) is 0 Å². The number of ether oxygens (including phenoxy) is 1. The third-order valence-corrected chi connectivity index (χ3v) is 3.53. The summed E-state index contributed by atoms with van der Waals surface area (Å²) in [7, 11) is 1.00. The number of aliphatic hydroxyl groups is 1. The molecular weight excluding hydrogens is 255 g/mol. The molecule has 0 bridgehead atoms. The highest BCUT2D eigenvalue weighted by molar-refractivity contribution is 7.64. The van der Waals surface area contributed by atoms with Crippen LogP contribution in [-0.2, 0) is 9.53 Å². The van der Waals surface area contributed by atoms with Crippen molar-refractivity contribution in [2.75, 3.05) is 13.7 Å². The predicted molar refractivity (Wildman–Crippen MR) is 57.5 cm³/mol. The maximum atomic E-state index is 10.3. The third kappa shape index (κ3) is 19.1. The second-order valence-electron chi connectivity index (χ2n) is 2.06. The summed E-state index contributed by atoms with van der Waals surface area (Å²) in [5.41, 5.74) is 0. The summed E-state index contributed by atoms with van der Waals surface area (Å²) in [5.74, 6) is -0.295. The van der Waals surface area contributed by atoms with E-state index in [4.69, 9.17) is 38.3 Å². The van der Waals surface area contributed by atoms with Crippen molar-refractivity contribution in [2.24, 2.45) is 0 Å². The molecule has 0 spiro atoms. The zero-order valence-electron chi connectivity index (χ0n) is 7.52. The molecule has 0 atom stereocenters. The Morgan fingerprint density at radius 2 is 1.85 bits per heavy atom. The third-order valence-electron chi connectivity index (χ3n) is 0.910. The first kappa shape index (κ1) is 16.0. The fourth-order valence-electron chi connectivity index (χ4n) is 0.489. The van der Waals surface area contributed by atoms with Gasteiger partial charge in [0.15, 0.2) is 0 Å². The zero-order valence-corrected chi connectivity index (χ0v) is 10.8. The van der Waals surface area contributed by atoms with Gasteiger partial charge in [-0.1, -0.05) is 0 Å². The van der Waals surface area contributed by atoms with Gasteiger partial charge in [0, 0.05) is 14.0 Å². The molecule has 0 saturated carbocycles. The summed E-state index contributed by atoms with van der Waals surface area (Å²) in [6, 6.07) is -1.97. The molecule has 1 N–H and O–H groups in total. The molecule has 13 heavy (non-hydrogen) atoms. The second kappa shape index (κ2) is 9.09. The Morgan fingerprint density at radius 1 is 1.38 bits per heavy atom. The molecule has 0 aromatic carbocycles. The topological polar surface area (TPSA) is 46.5 Å². The molecule has 0 aliphatic carbocycles. The van der Waals surface area contributed by atoms with Gasteiger partial charge >= 0.3 is 12.0 Å². The van der Waals surface area contributed by atoms with E-state index in [0.29, 0.717) is 19.1 Å². The number of hydrogen-bond acceptors (Lipinski definition) is 3. The molecule has 0 radical (unpaired) electrons. The molecule has 80 valence electrons. The van der Waals surface area contributed by atoms with Gasteiger partial charge in [-0.05, 0) is 12.5 Å². The number of rotatable bonds is 4. The van der Waals surface area contributed by atoms with Crippen LogP contribution in [0.2, 0.25) is 6.04 Å². The molecule has 0 aliphatic heterocycles. The van der Waals surface area contributed by atoms with Gasteiger partial charge < -0.3 is 9.84 Å². The fraction of sp³-hybridized carbons (Fsp3) is 0.833. The number of aliphatic hydroxyl groups excluding tert-OH is 1. The van der Waals surface area contributed by atoms with Crippen LogP contribution in [0.25, 0.3) is 0 Å². The number of carbonyl (C=O) groups excluding carboxylic acids is 1. The van der Waals surface area contributed by atoms with Gasteiger partial charge in [0.25, 0.3) is 0 Å². The van der Waals surface area contributed by atoms with E-state index < -0.39 is 6.00 Å². The van der Waals surface area contributed by atoms with Crippen LogP contribution in [0.1, 0.15) is 13.3 Å². The SMILES string of the molecule is CC(=O)OCCC[Si](Cl)(Cl)Cl.CO. The van der Waals surface area contributed by atoms with Crippen molar-refractivity contribution in [2.45, 2.75) is 19.4 Å². The van der Waals surface area contributed by atoms with Crippen LogP contribution in [0, 0.1) is 0 Å². The molecule has 0 aromatic heterocycles. The van der Waals surface area contributed by atoms with Crippen LogP contribution in [0.5, 0.6) is 0 Å². The highest BCUT2D eigenvalue weighted by Gasteiger charge is 2.23. The molecule has 7 heteroatoms. The molecule has 0 aliphatic rings. The van der Waals surface area contributed by atoms with Crippen molar-refractivity contribution >= 4 is 45.2 Å². The van der Waals surface area contributed by atoms with Crippen LogP contribution in [-0.4, -0.2) is 30.8 Å². The minimum absolute atomic E-state index is 0.295. The Kier molecular flexibility index (Phi) is 11.2. The number of carbonyl (C=O) groups is 1. The predicted octanol–water partition coefficient (Wildman–Crippen LogP) is 2.20. The quantitative estimate of drug-likeness (QED) is 0.368. The summed E-state index contributed by atoms with van der Waals surface area (Å²) in [4.78, 5) is 10.3. The van der Waals surface area contributed by atoms with Gasteiger partial charge in [-0.25, -0.2) is 0 Å². The molecule has 0 aromatic rings. The van der Waals surface area contributed by atoms with Crippen molar-refractivity contribution in [3.05, 3.63) is 0 Å². The van der Waals surface area contributed by atoms with Crippen LogP contribution >= 0.6 is 33.2 Å². The normalized spacial score (nSPS) is 10.0. The second-order valence-corrected chi connectivity index (χ2v) is 11.3. The van der Waals surface area contributed by atoms with Crippen LogP contribution in [0.4, 0.5) is 0 Å². The Bertz CT molecular complexity index is 138. The highest BCUT2D eigenvalue weighted by Crippen LogP contribution is 2.26. The van der Waals surface area contributed by atoms with Gasteiger partial charge in [0.2, 0.25) is 0 Å². The van der Waals surface area contributed by atoms with E-state index in [1.165, 1.54) is 6.92 Å². The Balaban J connectivity index is 0. The maximum Gasteiger partial charge on any atom is 0.341 e. The maximum absolute atomic E-state index is 10.3. The molecule has 0 unspecified atom stereocenters. The van der Waals surface area contributed by atoms with Gasteiger partial charge in [-0.15, -0.1) is 33.2 Å². The Hall–Kier alpha value is 0.517. The van der Waals surface area contributed by atoms with E-state index >= 15 is 0 Å². The van der Waals surface area contributed by atoms with Gasteiger partial charge in [-0.2, -0.15) is 0 Å². The number of esters is 1. The van der Waals surface area contributed by atoms with Gasteiger partial charge in [-0.3, -0.25) is 4.79 Å². The molecule has 0 heterocycles. The van der Waals surface area contributed by atoms with E-state index in [2.05, 4.69) is 4.74 Å². The first-order valence-electron chi connectivity index (χ1n) is 3.56. The summed E-state index contributed by atoms with van der Waals surface area (Å²) in [6.07, 6.45) is 0.627. The molecule has 0 rings (SSSR count). The summed E-state index contributed by atoms with van der Waals surface area (Å²) >= 11 is 16.7. The summed E-state index contributed by atoms with van der Waals surface area (Å²) < 4.78 is 4.64. The number of halogens is 3. The summed E-state index contributed by atoms with van der Waals surface area (Å²) in [5, 5.41) is 7.00. The standard InChI is InChI=1S/C5H9Cl3O2Si.CH4O/c1-5(9)10-3-2-4-11(6,7)8;1-2/h2-4H2,1H3;2H,1H3. The van der Waals surface area contributed by atoms with E-state index in [1.807, 2.05) is 0 Å². The molecule has 0 fully saturated rings. The average molecular weight is 268 g/mol. The van der Waals surface area contributed by atoms with Crippen LogP contribution in [0.3, 0.4) is 0 Å². The molecular formula is C6H13Cl3O3Si. The van der Waals surface area contributed by atoms with Crippen molar-refractivity contribution in [1.82, 2.24) is 0 Å². The molecule has 0 saturated heterocycles. The fourth-order valence-corrected chi connectivity index (χ4v) is 2.24. The van der Waals surface area contributed by atoms with Crippen molar-refractivity contribution in [3.63, 3.8) is 0 Å². The smallest absolute Gasteiger partial charge is 0.341 e. The lowest BCUT2D eigenvalue weighted by Crippen LogP contribution is -2.10. The lowest BCUT2D eigenvalue weighted by atomic mass is 10.5. The zero-order chi connectivity index (χ0) is 10.9. The van der Waals surface area contributed by atoms with Gasteiger partial charge in [0.05, 0.1) is 6.61 Å². The summed E-state index contributed by atoms with van der Waals surface area (Å²) in [6.45, 7) is 1.70. The largest absolute Gasteiger partial charge is 0.466 e. The monoisotopic (exact) mass is 266 g/mol. The average Bonchev–Trinajstić information content (AvgIpc) is 2.00. The van der Waals surface area contributed by atoms with E-state index in [0.717, 1.165) is 7.11 Å². The van der Waals surface area contributed by atoms with E-state index in [9.17, 15) is 4.79 Å².